The largest absolute Gasteiger partial charge is 0.316 e. The van der Waals surface area contributed by atoms with Gasteiger partial charge in [-0.15, -0.1) is 0 Å². The third-order valence-electron chi connectivity index (χ3n) is 2.40. The van der Waals surface area contributed by atoms with Crippen molar-refractivity contribution in [1.82, 2.24) is 19.9 Å². The Labute approximate surface area is 106 Å². The zero-order valence-corrected chi connectivity index (χ0v) is 9.98. The van der Waals surface area contributed by atoms with Crippen LogP contribution in [0.1, 0.15) is 5.56 Å². The Hall–Kier alpha value is -1.59. The van der Waals surface area contributed by atoms with Gasteiger partial charge < -0.3 is 4.57 Å². The predicted molar refractivity (Wildman–Crippen MR) is 63.2 cm³/mol. The van der Waals surface area contributed by atoms with Crippen LogP contribution in [0.15, 0.2) is 29.2 Å². The number of halogens is 2. The topological polar surface area (TPSA) is 56.7 Å². The zero-order chi connectivity index (χ0) is 11.8. The van der Waals surface area contributed by atoms with E-state index in [1.54, 1.807) is 10.9 Å². The summed E-state index contributed by atoms with van der Waals surface area (Å²) in [4.78, 5) is 3.91. The van der Waals surface area contributed by atoms with Crippen molar-refractivity contribution < 1.29 is 4.63 Å². The van der Waals surface area contributed by atoms with E-state index in [9.17, 15) is 0 Å². The average Bonchev–Trinajstić information content (AvgIpc) is 2.90. The quantitative estimate of drug-likeness (QED) is 0.717. The monoisotopic (exact) mass is 268 g/mol. The highest BCUT2D eigenvalue weighted by Crippen LogP contribution is 2.21. The van der Waals surface area contributed by atoms with Gasteiger partial charge in [0.15, 0.2) is 5.15 Å². The minimum Gasteiger partial charge on any atom is -0.316 e. The summed E-state index contributed by atoms with van der Waals surface area (Å²) in [7, 11) is 0. The summed E-state index contributed by atoms with van der Waals surface area (Å²) in [6.45, 7) is 0.571. The van der Waals surface area contributed by atoms with Gasteiger partial charge >= 0.3 is 0 Å². The van der Waals surface area contributed by atoms with Crippen molar-refractivity contribution in [3.8, 4) is 0 Å². The maximum Gasteiger partial charge on any atom is 0.166 e. The Morgan fingerprint density at radius 1 is 1.18 bits per heavy atom. The molecule has 2 aromatic heterocycles. The fourth-order valence-electron chi connectivity index (χ4n) is 1.58. The number of benzene rings is 1. The Balaban J connectivity index is 1.96. The summed E-state index contributed by atoms with van der Waals surface area (Å²) in [6.07, 6.45) is 1.59. The second-order valence-electron chi connectivity index (χ2n) is 3.54. The van der Waals surface area contributed by atoms with Crippen molar-refractivity contribution in [2.45, 2.75) is 6.54 Å². The first-order chi connectivity index (χ1) is 8.24. The maximum absolute atomic E-state index is 5.98. The SMILES string of the molecule is Clc1ncn(Cc2ccc3nonc3c2)c1Cl. The average molecular weight is 269 g/mol. The van der Waals surface area contributed by atoms with Gasteiger partial charge in [-0.2, -0.15) is 0 Å². The van der Waals surface area contributed by atoms with Crippen molar-refractivity contribution in [1.29, 1.82) is 0 Å². The number of nitrogens with zero attached hydrogens (tertiary/aromatic N) is 4. The fraction of sp³-hybridized carbons (Fsp3) is 0.100. The maximum atomic E-state index is 5.98. The molecule has 0 atom stereocenters. The normalized spacial score (nSPS) is 11.2. The third-order valence-corrected chi connectivity index (χ3v) is 3.17. The summed E-state index contributed by atoms with van der Waals surface area (Å²) in [5.41, 5.74) is 2.46. The van der Waals surface area contributed by atoms with E-state index in [2.05, 4.69) is 19.9 Å². The summed E-state index contributed by atoms with van der Waals surface area (Å²) < 4.78 is 6.38. The van der Waals surface area contributed by atoms with E-state index >= 15 is 0 Å². The summed E-state index contributed by atoms with van der Waals surface area (Å²) in [5.74, 6) is 0. The first-order valence-electron chi connectivity index (χ1n) is 4.81. The molecule has 1 aromatic carbocycles. The highest BCUT2D eigenvalue weighted by molar-refractivity contribution is 6.40. The van der Waals surface area contributed by atoms with Crippen molar-refractivity contribution in [3.05, 3.63) is 40.4 Å². The van der Waals surface area contributed by atoms with Gasteiger partial charge in [-0.25, -0.2) is 9.61 Å². The number of rotatable bonds is 2. The summed E-state index contributed by atoms with van der Waals surface area (Å²) in [5, 5.41) is 8.24. The second-order valence-corrected chi connectivity index (χ2v) is 4.26. The van der Waals surface area contributed by atoms with Gasteiger partial charge in [-0.3, -0.25) is 0 Å². The predicted octanol–water partition coefficient (Wildman–Crippen LogP) is 2.77. The van der Waals surface area contributed by atoms with Gasteiger partial charge in [0.1, 0.15) is 16.2 Å². The van der Waals surface area contributed by atoms with Crippen molar-refractivity contribution in [3.63, 3.8) is 0 Å². The van der Waals surface area contributed by atoms with Gasteiger partial charge in [0.05, 0.1) is 12.9 Å². The van der Waals surface area contributed by atoms with E-state index < -0.39 is 0 Å². The molecule has 0 aliphatic carbocycles. The molecule has 0 N–H and O–H groups in total. The summed E-state index contributed by atoms with van der Waals surface area (Å²) in [6, 6.07) is 5.65. The Kier molecular flexibility index (Phi) is 2.49. The van der Waals surface area contributed by atoms with E-state index in [4.69, 9.17) is 23.2 Å². The molecule has 7 heteroatoms. The molecule has 2 heterocycles. The van der Waals surface area contributed by atoms with E-state index in [1.165, 1.54) is 0 Å². The highest BCUT2D eigenvalue weighted by atomic mass is 35.5. The Morgan fingerprint density at radius 3 is 2.76 bits per heavy atom. The van der Waals surface area contributed by atoms with E-state index in [-0.39, 0.29) is 0 Å². The van der Waals surface area contributed by atoms with Crippen LogP contribution in [-0.4, -0.2) is 19.9 Å². The summed E-state index contributed by atoms with van der Waals surface area (Å²) >= 11 is 11.7. The standard InChI is InChI=1S/C10H6Cl2N4O/c11-9-10(12)16(5-13-9)4-6-1-2-7-8(3-6)15-17-14-7/h1-3,5H,4H2. The minimum absolute atomic E-state index is 0.302. The van der Waals surface area contributed by atoms with Crippen molar-refractivity contribution in [2.75, 3.05) is 0 Å². The van der Waals surface area contributed by atoms with Crippen molar-refractivity contribution >= 4 is 34.2 Å². The molecule has 3 aromatic rings. The number of aromatic nitrogens is 4. The van der Waals surface area contributed by atoms with Crippen LogP contribution in [0, 0.1) is 0 Å². The molecular formula is C10H6Cl2N4O. The van der Waals surface area contributed by atoms with Gasteiger partial charge in [0.25, 0.3) is 0 Å². The van der Waals surface area contributed by atoms with Crippen LogP contribution in [0.25, 0.3) is 11.0 Å². The molecule has 0 aliphatic rings. The lowest BCUT2D eigenvalue weighted by Gasteiger charge is -2.03. The van der Waals surface area contributed by atoms with Crippen LogP contribution in [0.3, 0.4) is 0 Å². The minimum atomic E-state index is 0.302. The van der Waals surface area contributed by atoms with Crippen LogP contribution in [-0.2, 0) is 6.54 Å². The molecule has 0 fully saturated rings. The molecule has 0 saturated heterocycles. The number of hydrogen-bond acceptors (Lipinski definition) is 4. The molecule has 3 rings (SSSR count). The van der Waals surface area contributed by atoms with Gasteiger partial charge in [-0.1, -0.05) is 29.3 Å². The smallest absolute Gasteiger partial charge is 0.166 e. The molecule has 17 heavy (non-hydrogen) atoms. The molecule has 5 nitrogen and oxygen atoms in total. The Morgan fingerprint density at radius 2 is 2.00 bits per heavy atom. The molecule has 0 spiro atoms. The van der Waals surface area contributed by atoms with Crippen LogP contribution < -0.4 is 0 Å². The molecule has 0 saturated carbocycles. The zero-order valence-electron chi connectivity index (χ0n) is 8.47. The lowest BCUT2D eigenvalue weighted by atomic mass is 10.2. The molecular weight excluding hydrogens is 263 g/mol. The fourth-order valence-corrected chi connectivity index (χ4v) is 1.88. The van der Waals surface area contributed by atoms with E-state index in [1.807, 2.05) is 18.2 Å². The number of fused-ring (bicyclic) bond motifs is 1. The number of hydrogen-bond donors (Lipinski definition) is 0. The lowest BCUT2D eigenvalue weighted by molar-refractivity contribution is 0.315. The molecule has 0 unspecified atom stereocenters. The highest BCUT2D eigenvalue weighted by Gasteiger charge is 2.07. The van der Waals surface area contributed by atoms with Gasteiger partial charge in [0.2, 0.25) is 0 Å². The van der Waals surface area contributed by atoms with E-state index in [0.29, 0.717) is 22.4 Å². The van der Waals surface area contributed by atoms with Crippen LogP contribution in [0.2, 0.25) is 10.3 Å². The second kappa shape index (κ2) is 4.01. The molecule has 0 amide bonds. The first-order valence-corrected chi connectivity index (χ1v) is 5.57. The molecule has 0 radical (unpaired) electrons. The van der Waals surface area contributed by atoms with Crippen LogP contribution in [0.5, 0.6) is 0 Å². The van der Waals surface area contributed by atoms with Crippen molar-refractivity contribution in [2.24, 2.45) is 0 Å². The molecule has 0 bridgehead atoms. The van der Waals surface area contributed by atoms with Gasteiger partial charge in [0, 0.05) is 0 Å². The lowest BCUT2D eigenvalue weighted by Crippen LogP contribution is -1.97. The Bertz CT molecular complexity index is 676. The van der Waals surface area contributed by atoms with Gasteiger partial charge in [-0.05, 0) is 28.0 Å². The number of imidazole rings is 1. The third kappa shape index (κ3) is 1.87. The molecule has 86 valence electrons. The van der Waals surface area contributed by atoms with E-state index in [0.717, 1.165) is 11.1 Å². The van der Waals surface area contributed by atoms with Crippen LogP contribution in [0.4, 0.5) is 0 Å². The van der Waals surface area contributed by atoms with Crippen LogP contribution >= 0.6 is 23.2 Å². The molecule has 0 aliphatic heterocycles. The first kappa shape index (κ1) is 10.6.